The molecule has 0 fully saturated rings. The summed E-state index contributed by atoms with van der Waals surface area (Å²) in [6, 6.07) is 23.2. The van der Waals surface area contributed by atoms with E-state index in [1.165, 1.54) is 14.0 Å². The van der Waals surface area contributed by atoms with E-state index in [2.05, 4.69) is 22.1 Å². The summed E-state index contributed by atoms with van der Waals surface area (Å²) in [4.78, 5) is 25.0. The number of fused-ring (bicyclic) bond motifs is 1. The first-order valence-electron chi connectivity index (χ1n) is 12.6. The van der Waals surface area contributed by atoms with Gasteiger partial charge in [-0.05, 0) is 74.3 Å². The molecule has 204 valence electrons. The van der Waals surface area contributed by atoms with Crippen molar-refractivity contribution < 1.29 is 14.3 Å². The number of nitriles is 1. The average molecular weight is 547 g/mol. The number of rotatable bonds is 8. The molecule has 0 aliphatic rings. The Morgan fingerprint density at radius 2 is 1.77 bits per heavy atom. The number of hydrogen-bond acceptors (Lipinski definition) is 5. The SMILES string of the molecule is CC(=O)NC(CC#N)Cc1c[nH]c2ccccc12.CC(C)Oc1ccc(-c2ccc(C=O)c(Cl)c2)cc1.CN. The Morgan fingerprint density at radius 3 is 2.36 bits per heavy atom. The predicted molar refractivity (Wildman–Crippen MR) is 158 cm³/mol. The minimum Gasteiger partial charge on any atom is -0.491 e. The highest BCUT2D eigenvalue weighted by Crippen LogP contribution is 2.27. The third-order valence-corrected chi connectivity index (χ3v) is 5.90. The summed E-state index contributed by atoms with van der Waals surface area (Å²) in [6.07, 6.45) is 3.84. The van der Waals surface area contributed by atoms with Crippen LogP contribution in [0.4, 0.5) is 0 Å². The second-order valence-electron chi connectivity index (χ2n) is 8.87. The predicted octanol–water partition coefficient (Wildman–Crippen LogP) is 6.31. The number of benzene rings is 3. The minimum absolute atomic E-state index is 0.102. The lowest BCUT2D eigenvalue weighted by atomic mass is 10.0. The van der Waals surface area contributed by atoms with Crippen LogP contribution in [-0.4, -0.2) is 36.4 Å². The summed E-state index contributed by atoms with van der Waals surface area (Å²) in [5, 5.41) is 13.2. The van der Waals surface area contributed by atoms with Crippen molar-refractivity contribution in [2.75, 3.05) is 7.05 Å². The zero-order chi connectivity index (χ0) is 28.8. The van der Waals surface area contributed by atoms with Crippen LogP contribution >= 0.6 is 11.6 Å². The number of halogens is 1. The van der Waals surface area contributed by atoms with Crippen molar-refractivity contribution in [3.63, 3.8) is 0 Å². The fourth-order valence-electron chi connectivity index (χ4n) is 3.94. The quantitative estimate of drug-likeness (QED) is 0.224. The molecule has 4 aromatic rings. The molecular weight excluding hydrogens is 512 g/mol. The molecule has 1 aromatic heterocycles. The minimum atomic E-state index is -0.133. The maximum absolute atomic E-state index is 11.1. The van der Waals surface area contributed by atoms with Crippen molar-refractivity contribution in [2.45, 2.75) is 45.8 Å². The third-order valence-electron chi connectivity index (χ3n) is 5.57. The first kappa shape index (κ1) is 31.1. The zero-order valence-electron chi connectivity index (χ0n) is 22.7. The van der Waals surface area contributed by atoms with E-state index in [1.54, 1.807) is 12.1 Å². The Labute approximate surface area is 234 Å². The van der Waals surface area contributed by atoms with Crippen molar-refractivity contribution in [2.24, 2.45) is 5.73 Å². The van der Waals surface area contributed by atoms with Crippen molar-refractivity contribution in [1.29, 1.82) is 5.26 Å². The number of ether oxygens (including phenoxy) is 1. The first-order chi connectivity index (χ1) is 18.8. The molecule has 3 aromatic carbocycles. The van der Waals surface area contributed by atoms with Crippen LogP contribution in [0, 0.1) is 11.3 Å². The highest BCUT2D eigenvalue weighted by Gasteiger charge is 2.13. The van der Waals surface area contributed by atoms with E-state index in [4.69, 9.17) is 21.6 Å². The molecule has 0 aliphatic heterocycles. The Kier molecular flexibility index (Phi) is 12.7. The molecule has 39 heavy (non-hydrogen) atoms. The summed E-state index contributed by atoms with van der Waals surface area (Å²) in [6.45, 7) is 5.46. The van der Waals surface area contributed by atoms with Crippen molar-refractivity contribution in [3.05, 3.63) is 89.1 Å². The Balaban J connectivity index is 0.000000258. The molecule has 0 aliphatic carbocycles. The highest BCUT2D eigenvalue weighted by molar-refractivity contribution is 6.33. The van der Waals surface area contributed by atoms with Crippen molar-refractivity contribution in [3.8, 4) is 22.9 Å². The zero-order valence-corrected chi connectivity index (χ0v) is 23.5. The fraction of sp³-hybridized carbons (Fsp3) is 0.258. The van der Waals surface area contributed by atoms with Crippen LogP contribution in [-0.2, 0) is 11.2 Å². The largest absolute Gasteiger partial charge is 0.491 e. The van der Waals surface area contributed by atoms with Gasteiger partial charge in [0.1, 0.15) is 5.75 Å². The normalized spacial score (nSPS) is 10.8. The van der Waals surface area contributed by atoms with E-state index in [0.717, 1.165) is 39.6 Å². The number of carbonyl (C=O) groups is 2. The first-order valence-corrected chi connectivity index (χ1v) is 13.0. The van der Waals surface area contributed by atoms with Gasteiger partial charge in [-0.1, -0.05) is 48.0 Å². The molecule has 0 saturated carbocycles. The van der Waals surface area contributed by atoms with Crippen LogP contribution in [0.1, 0.15) is 43.1 Å². The number of nitrogens with one attached hydrogen (secondary N) is 2. The van der Waals surface area contributed by atoms with Crippen LogP contribution in [0.15, 0.2) is 72.9 Å². The second-order valence-corrected chi connectivity index (χ2v) is 9.28. The number of hydrogen-bond donors (Lipinski definition) is 3. The topological polar surface area (TPSA) is 121 Å². The summed E-state index contributed by atoms with van der Waals surface area (Å²) < 4.78 is 5.59. The lowest BCUT2D eigenvalue weighted by Crippen LogP contribution is -2.34. The summed E-state index contributed by atoms with van der Waals surface area (Å²) >= 11 is 6.02. The Hall–Kier alpha value is -4.12. The fourth-order valence-corrected chi connectivity index (χ4v) is 4.16. The van der Waals surface area contributed by atoms with Crippen molar-refractivity contribution >= 4 is 34.7 Å². The molecule has 1 atom stereocenters. The van der Waals surface area contributed by atoms with Gasteiger partial charge in [-0.25, -0.2) is 0 Å². The Bertz CT molecular complexity index is 1390. The average Bonchev–Trinajstić information content (AvgIpc) is 3.33. The number of aldehydes is 1. The molecule has 1 unspecified atom stereocenters. The molecule has 0 radical (unpaired) electrons. The van der Waals surface area contributed by atoms with Gasteiger partial charge in [-0.3, -0.25) is 9.59 Å². The van der Waals surface area contributed by atoms with Gasteiger partial charge in [-0.2, -0.15) is 5.26 Å². The number of aromatic amines is 1. The number of para-hydroxylation sites is 1. The molecule has 1 amide bonds. The molecule has 0 spiro atoms. The smallest absolute Gasteiger partial charge is 0.217 e. The van der Waals surface area contributed by atoms with E-state index in [-0.39, 0.29) is 18.1 Å². The molecule has 7 nitrogen and oxygen atoms in total. The number of aromatic nitrogens is 1. The van der Waals surface area contributed by atoms with E-state index in [9.17, 15) is 9.59 Å². The number of carbonyl (C=O) groups excluding carboxylic acids is 2. The van der Waals surface area contributed by atoms with Crippen LogP contribution in [0.2, 0.25) is 5.02 Å². The standard InChI is InChI=1S/C16H15ClO2.C14H15N3O.CH5N/c1-11(2)19-15-7-5-12(6-8-15)13-3-4-14(10-18)16(17)9-13;1-10(18)17-12(6-7-15)8-11-9-16-14-5-3-2-4-13(11)14;1-2/h3-11H,1-2H3;2-5,9,12,16H,6,8H2,1H3,(H,17,18);2H2,1H3. The molecular formula is C31H35ClN4O3. The molecule has 4 rings (SSSR count). The third kappa shape index (κ3) is 9.60. The summed E-state index contributed by atoms with van der Waals surface area (Å²) in [5.41, 5.74) is 9.22. The maximum atomic E-state index is 11.1. The van der Waals surface area contributed by atoms with Gasteiger partial charge in [0.25, 0.3) is 0 Å². The van der Waals surface area contributed by atoms with Crippen molar-refractivity contribution in [1.82, 2.24) is 10.3 Å². The van der Waals surface area contributed by atoms with Gasteiger partial charge in [-0.15, -0.1) is 0 Å². The number of amides is 1. The Morgan fingerprint density at radius 1 is 1.10 bits per heavy atom. The molecule has 0 saturated heterocycles. The van der Waals surface area contributed by atoms with Crippen LogP contribution in [0.25, 0.3) is 22.0 Å². The summed E-state index contributed by atoms with van der Waals surface area (Å²) in [5.74, 6) is 0.740. The summed E-state index contributed by atoms with van der Waals surface area (Å²) in [7, 11) is 1.50. The van der Waals surface area contributed by atoms with Gasteiger partial charge in [0.2, 0.25) is 5.91 Å². The van der Waals surface area contributed by atoms with E-state index in [1.807, 2.05) is 74.6 Å². The van der Waals surface area contributed by atoms with Gasteiger partial charge in [0.05, 0.1) is 23.6 Å². The van der Waals surface area contributed by atoms with Gasteiger partial charge >= 0.3 is 0 Å². The van der Waals surface area contributed by atoms with Gasteiger partial charge in [0, 0.05) is 35.6 Å². The maximum Gasteiger partial charge on any atom is 0.217 e. The lowest BCUT2D eigenvalue weighted by molar-refractivity contribution is -0.119. The molecule has 1 heterocycles. The number of nitrogens with two attached hydrogens (primary N) is 1. The lowest BCUT2D eigenvalue weighted by Gasteiger charge is -2.13. The van der Waals surface area contributed by atoms with Gasteiger partial charge in [0.15, 0.2) is 6.29 Å². The van der Waals surface area contributed by atoms with Crippen LogP contribution < -0.4 is 15.8 Å². The number of nitrogens with zero attached hydrogens (tertiary/aromatic N) is 1. The van der Waals surface area contributed by atoms with Gasteiger partial charge < -0.3 is 20.8 Å². The molecule has 8 heteroatoms. The molecule has 4 N–H and O–H groups in total. The highest BCUT2D eigenvalue weighted by atomic mass is 35.5. The van der Waals surface area contributed by atoms with E-state index in [0.29, 0.717) is 23.4 Å². The monoisotopic (exact) mass is 546 g/mol. The van der Waals surface area contributed by atoms with Crippen LogP contribution in [0.5, 0.6) is 5.75 Å². The second kappa shape index (κ2) is 16.0. The van der Waals surface area contributed by atoms with E-state index >= 15 is 0 Å². The molecule has 0 bridgehead atoms. The van der Waals surface area contributed by atoms with Crippen LogP contribution in [0.3, 0.4) is 0 Å². The van der Waals surface area contributed by atoms with E-state index < -0.39 is 0 Å². The number of H-pyrrole nitrogens is 1.